The summed E-state index contributed by atoms with van der Waals surface area (Å²) in [6.45, 7) is 4.15. The number of methoxy groups -OCH3 is 1. The van der Waals surface area contributed by atoms with E-state index in [1.807, 2.05) is 13.8 Å². The molecular weight excluding hydrogens is 262 g/mol. The summed E-state index contributed by atoms with van der Waals surface area (Å²) in [7, 11) is 1.23. The highest BCUT2D eigenvalue weighted by molar-refractivity contribution is 5.94. The van der Waals surface area contributed by atoms with Gasteiger partial charge in [-0.1, -0.05) is 13.8 Å². The van der Waals surface area contributed by atoms with Crippen LogP contribution in [0.1, 0.15) is 24.2 Å². The number of ether oxygens (including phenoxy) is 3. The van der Waals surface area contributed by atoms with Crippen LogP contribution in [0.4, 0.5) is 0 Å². The summed E-state index contributed by atoms with van der Waals surface area (Å²) in [6, 6.07) is 4.85. The van der Waals surface area contributed by atoms with E-state index < -0.39 is 11.5 Å². The Labute approximate surface area is 115 Å². The number of carbonyl (C=O) groups is 1. The molecule has 0 saturated heterocycles. The zero-order valence-corrected chi connectivity index (χ0v) is 11.5. The highest BCUT2D eigenvalue weighted by atomic mass is 16.7. The maximum atomic E-state index is 11.7. The molecule has 0 spiro atoms. The molecule has 1 aliphatic heterocycles. The van der Waals surface area contributed by atoms with Gasteiger partial charge in [-0.15, -0.1) is 0 Å². The van der Waals surface area contributed by atoms with Crippen molar-refractivity contribution in [3.05, 3.63) is 34.1 Å². The fourth-order valence-corrected chi connectivity index (χ4v) is 1.86. The summed E-state index contributed by atoms with van der Waals surface area (Å²) in [5, 5.41) is 0.680. The fourth-order valence-electron chi connectivity index (χ4n) is 1.86. The lowest BCUT2D eigenvalue weighted by Gasteiger charge is -2.03. The number of rotatable bonds is 1. The van der Waals surface area contributed by atoms with E-state index in [1.54, 1.807) is 12.1 Å². The molecule has 106 valence electrons. The van der Waals surface area contributed by atoms with Gasteiger partial charge in [-0.2, -0.15) is 0 Å². The second-order valence-electron chi connectivity index (χ2n) is 3.80. The van der Waals surface area contributed by atoms with E-state index >= 15 is 0 Å². The summed E-state index contributed by atoms with van der Waals surface area (Å²) in [5.41, 5.74) is 0.0500. The standard InChI is InChI=1S/C12H9NO5.C2H6/c1-16-12(15)7-2-6-3-9-10(18-5-17-9)4-8(6)13-11(7)14;1-2/h2-4H,5H2,1H3,(H,13,14);1-2H3. The van der Waals surface area contributed by atoms with Crippen LogP contribution in [0.15, 0.2) is 23.0 Å². The molecule has 1 aromatic carbocycles. The zero-order valence-electron chi connectivity index (χ0n) is 11.5. The van der Waals surface area contributed by atoms with Crippen molar-refractivity contribution in [3.63, 3.8) is 0 Å². The molecule has 1 aliphatic rings. The number of aromatic nitrogens is 1. The maximum absolute atomic E-state index is 11.7. The third kappa shape index (κ3) is 2.32. The number of aromatic amines is 1. The lowest BCUT2D eigenvalue weighted by Crippen LogP contribution is -2.18. The molecule has 3 rings (SSSR count). The minimum atomic E-state index is -0.671. The minimum Gasteiger partial charge on any atom is -0.465 e. The Morgan fingerprint density at radius 3 is 2.50 bits per heavy atom. The molecule has 0 atom stereocenters. The van der Waals surface area contributed by atoms with Crippen molar-refractivity contribution >= 4 is 16.9 Å². The Bertz CT molecular complexity index is 705. The number of hydrogen-bond donors (Lipinski definition) is 1. The van der Waals surface area contributed by atoms with Gasteiger partial charge in [0.1, 0.15) is 5.56 Å². The molecule has 0 saturated carbocycles. The van der Waals surface area contributed by atoms with Crippen LogP contribution in [0.3, 0.4) is 0 Å². The van der Waals surface area contributed by atoms with Gasteiger partial charge < -0.3 is 19.2 Å². The molecule has 0 radical (unpaired) electrons. The second-order valence-corrected chi connectivity index (χ2v) is 3.80. The van der Waals surface area contributed by atoms with Gasteiger partial charge in [0.05, 0.1) is 12.6 Å². The number of esters is 1. The van der Waals surface area contributed by atoms with Gasteiger partial charge in [-0.05, 0) is 12.1 Å². The summed E-state index contributed by atoms with van der Waals surface area (Å²) in [5.74, 6) is 0.491. The Balaban J connectivity index is 0.000000704. The molecule has 2 heterocycles. The van der Waals surface area contributed by atoms with Crippen molar-refractivity contribution in [2.24, 2.45) is 0 Å². The number of benzene rings is 1. The van der Waals surface area contributed by atoms with E-state index in [4.69, 9.17) is 9.47 Å². The van der Waals surface area contributed by atoms with E-state index in [0.29, 0.717) is 22.4 Å². The maximum Gasteiger partial charge on any atom is 0.343 e. The van der Waals surface area contributed by atoms with E-state index in [9.17, 15) is 9.59 Å². The SMILES string of the molecule is CC.COC(=O)c1cc2cc3c(cc2[nH]c1=O)OCO3. The second kappa shape index (κ2) is 5.64. The molecule has 0 amide bonds. The molecule has 1 aromatic heterocycles. The summed E-state index contributed by atoms with van der Waals surface area (Å²) in [6.07, 6.45) is 0. The molecule has 0 fully saturated rings. The Morgan fingerprint density at radius 2 is 1.85 bits per heavy atom. The Morgan fingerprint density at radius 1 is 1.20 bits per heavy atom. The van der Waals surface area contributed by atoms with Gasteiger partial charge in [0.2, 0.25) is 6.79 Å². The van der Waals surface area contributed by atoms with Crippen LogP contribution < -0.4 is 15.0 Å². The topological polar surface area (TPSA) is 77.6 Å². The molecule has 0 aliphatic carbocycles. The molecule has 0 unspecified atom stereocenters. The molecular formula is C14H15NO5. The quantitative estimate of drug-likeness (QED) is 0.807. The summed E-state index contributed by atoms with van der Waals surface area (Å²) in [4.78, 5) is 25.7. The number of fused-ring (bicyclic) bond motifs is 2. The normalized spacial score (nSPS) is 11.8. The van der Waals surface area contributed by atoms with Crippen LogP contribution >= 0.6 is 0 Å². The smallest absolute Gasteiger partial charge is 0.343 e. The van der Waals surface area contributed by atoms with Gasteiger partial charge in [-0.3, -0.25) is 4.79 Å². The van der Waals surface area contributed by atoms with Crippen molar-refractivity contribution in [2.75, 3.05) is 13.9 Å². The van der Waals surface area contributed by atoms with Crippen LogP contribution in [-0.4, -0.2) is 24.9 Å². The van der Waals surface area contributed by atoms with Gasteiger partial charge in [0.25, 0.3) is 5.56 Å². The average Bonchev–Trinajstić information content (AvgIpc) is 2.92. The molecule has 20 heavy (non-hydrogen) atoms. The van der Waals surface area contributed by atoms with Gasteiger partial charge in [0.15, 0.2) is 11.5 Å². The summed E-state index contributed by atoms with van der Waals surface area (Å²) >= 11 is 0. The number of nitrogens with one attached hydrogen (secondary N) is 1. The van der Waals surface area contributed by atoms with Crippen molar-refractivity contribution in [1.82, 2.24) is 4.98 Å². The largest absolute Gasteiger partial charge is 0.465 e. The van der Waals surface area contributed by atoms with E-state index in [-0.39, 0.29) is 12.4 Å². The first-order valence-electron chi connectivity index (χ1n) is 6.24. The molecule has 1 N–H and O–H groups in total. The molecule has 2 aromatic rings. The fraction of sp³-hybridized carbons (Fsp3) is 0.286. The summed E-state index contributed by atoms with van der Waals surface area (Å²) < 4.78 is 15.0. The van der Waals surface area contributed by atoms with Crippen molar-refractivity contribution in [1.29, 1.82) is 0 Å². The van der Waals surface area contributed by atoms with Gasteiger partial charge in [-0.25, -0.2) is 4.79 Å². The van der Waals surface area contributed by atoms with Crippen LogP contribution in [0.5, 0.6) is 11.5 Å². The number of H-pyrrole nitrogens is 1. The lowest BCUT2D eigenvalue weighted by atomic mass is 10.1. The highest BCUT2D eigenvalue weighted by Crippen LogP contribution is 2.35. The predicted molar refractivity (Wildman–Crippen MR) is 73.4 cm³/mol. The predicted octanol–water partition coefficient (Wildman–Crippen LogP) is 2.07. The van der Waals surface area contributed by atoms with Crippen LogP contribution in [0, 0.1) is 0 Å². The van der Waals surface area contributed by atoms with E-state index in [1.165, 1.54) is 13.2 Å². The number of hydrogen-bond acceptors (Lipinski definition) is 5. The first-order chi connectivity index (χ1) is 9.69. The van der Waals surface area contributed by atoms with E-state index in [2.05, 4.69) is 9.72 Å². The van der Waals surface area contributed by atoms with Crippen molar-refractivity contribution in [3.8, 4) is 11.5 Å². The molecule has 6 heteroatoms. The van der Waals surface area contributed by atoms with Crippen molar-refractivity contribution in [2.45, 2.75) is 13.8 Å². The third-order valence-corrected chi connectivity index (χ3v) is 2.74. The zero-order chi connectivity index (χ0) is 14.7. The van der Waals surface area contributed by atoms with Crippen LogP contribution in [0.25, 0.3) is 10.9 Å². The van der Waals surface area contributed by atoms with Crippen LogP contribution in [-0.2, 0) is 4.74 Å². The average molecular weight is 277 g/mol. The van der Waals surface area contributed by atoms with Crippen molar-refractivity contribution < 1.29 is 19.0 Å². The van der Waals surface area contributed by atoms with E-state index in [0.717, 1.165) is 0 Å². The number of pyridine rings is 1. The lowest BCUT2D eigenvalue weighted by molar-refractivity contribution is 0.0599. The monoisotopic (exact) mass is 277 g/mol. The van der Waals surface area contributed by atoms with Gasteiger partial charge in [0, 0.05) is 11.5 Å². The van der Waals surface area contributed by atoms with Gasteiger partial charge >= 0.3 is 5.97 Å². The molecule has 0 bridgehead atoms. The van der Waals surface area contributed by atoms with Crippen LogP contribution in [0.2, 0.25) is 0 Å². The third-order valence-electron chi connectivity index (χ3n) is 2.74. The first kappa shape index (κ1) is 13.9. The molecule has 6 nitrogen and oxygen atoms in total. The Kier molecular flexibility index (Phi) is 3.93. The minimum absolute atomic E-state index is 0.0381. The Hall–Kier alpha value is -2.50. The number of carbonyl (C=O) groups excluding carboxylic acids is 1. The highest BCUT2D eigenvalue weighted by Gasteiger charge is 2.17. The first-order valence-corrected chi connectivity index (χ1v) is 6.24.